The number of nitrogens with zero attached hydrogens (tertiary/aromatic N) is 1. The maximum Gasteiger partial charge on any atom is 0.405 e. The molecule has 0 heterocycles. The summed E-state index contributed by atoms with van der Waals surface area (Å²) in [5, 5.41) is 12.7. The highest BCUT2D eigenvalue weighted by Crippen LogP contribution is 2.41. The summed E-state index contributed by atoms with van der Waals surface area (Å²) in [6, 6.07) is 6.98. The van der Waals surface area contributed by atoms with E-state index in [0.717, 1.165) is 29.9 Å². The first-order valence-electron chi connectivity index (χ1n) is 6.42. The Balaban J connectivity index is 2.19. The Labute approximate surface area is 117 Å². The van der Waals surface area contributed by atoms with Crippen LogP contribution in [0.15, 0.2) is 24.3 Å². The highest BCUT2D eigenvalue weighted by Gasteiger charge is 2.40. The molecule has 0 saturated heterocycles. The van der Waals surface area contributed by atoms with Crippen molar-refractivity contribution in [2.45, 2.75) is 24.8 Å². The van der Waals surface area contributed by atoms with Crippen LogP contribution in [0, 0.1) is 0 Å². The molecule has 1 aliphatic carbocycles. The van der Waals surface area contributed by atoms with Gasteiger partial charge in [0, 0.05) is 12.6 Å². The van der Waals surface area contributed by atoms with Gasteiger partial charge in [-0.25, -0.2) is 9.86 Å². The average Bonchev–Trinajstić information content (AvgIpc) is 2.41. The van der Waals surface area contributed by atoms with Crippen LogP contribution < -0.4 is 5.32 Å². The Morgan fingerprint density at radius 1 is 1.30 bits per heavy atom. The summed E-state index contributed by atoms with van der Waals surface area (Å²) in [5.41, 5.74) is 0.895. The normalized spacial score (nSPS) is 16.1. The van der Waals surface area contributed by atoms with Crippen molar-refractivity contribution in [2.75, 3.05) is 14.2 Å². The van der Waals surface area contributed by atoms with Crippen molar-refractivity contribution < 1.29 is 19.5 Å². The maximum absolute atomic E-state index is 11.9. The van der Waals surface area contributed by atoms with E-state index < -0.39 is 11.6 Å². The fourth-order valence-electron chi connectivity index (χ4n) is 2.42. The molecule has 0 atom stereocenters. The molecule has 0 aromatic heterocycles. The van der Waals surface area contributed by atoms with Crippen molar-refractivity contribution in [3.63, 3.8) is 0 Å². The minimum atomic E-state index is -1.02. The van der Waals surface area contributed by atoms with Gasteiger partial charge in [0.1, 0.15) is 0 Å². The average molecular weight is 278 g/mol. The topological polar surface area (TPSA) is 78.9 Å². The fraction of sp³-hybridized carbons (Fsp3) is 0.429. The molecule has 2 amide bonds. The minimum absolute atomic E-state index is 0.243. The molecule has 1 saturated carbocycles. The van der Waals surface area contributed by atoms with Gasteiger partial charge in [0.15, 0.2) is 0 Å². The van der Waals surface area contributed by atoms with Gasteiger partial charge in [0.25, 0.3) is 5.91 Å². The molecule has 1 fully saturated rings. The molecule has 0 spiro atoms. The van der Waals surface area contributed by atoms with Crippen LogP contribution in [0.3, 0.4) is 0 Å². The number of rotatable bonds is 4. The summed E-state index contributed by atoms with van der Waals surface area (Å²) in [5.74, 6) is -0.243. The lowest BCUT2D eigenvalue weighted by atomic mass is 9.72. The molecule has 0 bridgehead atoms. The number of hydrogen-bond acceptors (Lipinski definition) is 3. The lowest BCUT2D eigenvalue weighted by Crippen LogP contribution is -2.50. The van der Waals surface area contributed by atoms with Gasteiger partial charge >= 0.3 is 6.09 Å². The Hall–Kier alpha value is -2.08. The summed E-state index contributed by atoms with van der Waals surface area (Å²) in [7, 11) is 2.96. The predicted molar refractivity (Wildman–Crippen MR) is 72.2 cm³/mol. The number of benzene rings is 1. The van der Waals surface area contributed by atoms with E-state index in [1.807, 2.05) is 0 Å². The number of carbonyl (C=O) groups excluding carboxylic acids is 1. The van der Waals surface area contributed by atoms with Gasteiger partial charge in [-0.2, -0.15) is 0 Å². The zero-order valence-corrected chi connectivity index (χ0v) is 11.5. The molecule has 6 heteroatoms. The van der Waals surface area contributed by atoms with E-state index in [2.05, 4.69) is 5.32 Å². The van der Waals surface area contributed by atoms with E-state index in [0.29, 0.717) is 5.56 Å². The van der Waals surface area contributed by atoms with E-state index in [-0.39, 0.29) is 5.91 Å². The monoisotopic (exact) mass is 278 g/mol. The largest absolute Gasteiger partial charge is 0.465 e. The molecule has 0 radical (unpaired) electrons. The van der Waals surface area contributed by atoms with Gasteiger partial charge in [-0.1, -0.05) is 12.1 Å². The second-order valence-electron chi connectivity index (χ2n) is 4.93. The van der Waals surface area contributed by atoms with Gasteiger partial charge in [-0.15, -0.1) is 0 Å². The maximum atomic E-state index is 11.9. The predicted octanol–water partition coefficient (Wildman–Crippen LogP) is 1.97. The van der Waals surface area contributed by atoms with Crippen LogP contribution >= 0.6 is 0 Å². The summed E-state index contributed by atoms with van der Waals surface area (Å²) in [6.45, 7) is 0. The van der Waals surface area contributed by atoms with Gasteiger partial charge in [-0.3, -0.25) is 9.63 Å². The second kappa shape index (κ2) is 5.50. The smallest absolute Gasteiger partial charge is 0.405 e. The van der Waals surface area contributed by atoms with E-state index in [4.69, 9.17) is 9.94 Å². The molecule has 0 unspecified atom stereocenters. The quantitative estimate of drug-likeness (QED) is 0.825. The van der Waals surface area contributed by atoms with Crippen LogP contribution in [-0.4, -0.2) is 36.3 Å². The van der Waals surface area contributed by atoms with Crippen LogP contribution in [0.25, 0.3) is 0 Å². The van der Waals surface area contributed by atoms with Crippen LogP contribution in [0.2, 0.25) is 0 Å². The number of nitrogens with one attached hydrogen (secondary N) is 1. The van der Waals surface area contributed by atoms with Crippen molar-refractivity contribution in [3.8, 4) is 0 Å². The highest BCUT2D eigenvalue weighted by molar-refractivity contribution is 5.93. The molecule has 1 aromatic carbocycles. The lowest BCUT2D eigenvalue weighted by molar-refractivity contribution is -0.0757. The Bertz CT molecular complexity index is 508. The zero-order valence-electron chi connectivity index (χ0n) is 11.5. The van der Waals surface area contributed by atoms with E-state index in [9.17, 15) is 9.59 Å². The molecule has 108 valence electrons. The van der Waals surface area contributed by atoms with Gasteiger partial charge in [-0.05, 0) is 37.0 Å². The summed E-state index contributed by atoms with van der Waals surface area (Å²) in [6.07, 6.45) is 1.53. The second-order valence-corrected chi connectivity index (χ2v) is 4.93. The molecular formula is C14H18N2O4. The van der Waals surface area contributed by atoms with Crippen LogP contribution in [0.1, 0.15) is 35.2 Å². The molecule has 6 nitrogen and oxygen atoms in total. The molecule has 2 N–H and O–H groups in total. The SMILES string of the molecule is CON(C)C(=O)c1ccc(C2(NC(=O)O)CCC2)cc1. The summed E-state index contributed by atoms with van der Waals surface area (Å²) in [4.78, 5) is 27.6. The number of amides is 2. The third-order valence-corrected chi connectivity index (χ3v) is 3.80. The Kier molecular flexibility index (Phi) is 3.94. The molecule has 2 rings (SSSR count). The first kappa shape index (κ1) is 14.3. The third-order valence-electron chi connectivity index (χ3n) is 3.80. The van der Waals surface area contributed by atoms with E-state index in [1.54, 1.807) is 24.3 Å². The molecule has 20 heavy (non-hydrogen) atoms. The molecular weight excluding hydrogens is 260 g/mol. The Morgan fingerprint density at radius 3 is 2.30 bits per heavy atom. The van der Waals surface area contributed by atoms with E-state index in [1.165, 1.54) is 14.2 Å². The summed E-state index contributed by atoms with van der Waals surface area (Å²) >= 11 is 0. The molecule has 1 aromatic rings. The summed E-state index contributed by atoms with van der Waals surface area (Å²) < 4.78 is 0. The number of hydrogen-bond donors (Lipinski definition) is 2. The Morgan fingerprint density at radius 2 is 1.90 bits per heavy atom. The van der Waals surface area contributed by atoms with Crippen molar-refractivity contribution in [2.24, 2.45) is 0 Å². The van der Waals surface area contributed by atoms with Gasteiger partial charge < -0.3 is 10.4 Å². The van der Waals surface area contributed by atoms with Crippen molar-refractivity contribution in [1.82, 2.24) is 10.4 Å². The molecule has 0 aliphatic heterocycles. The first-order chi connectivity index (χ1) is 9.48. The highest BCUT2D eigenvalue weighted by atomic mass is 16.7. The molecule has 1 aliphatic rings. The first-order valence-corrected chi connectivity index (χ1v) is 6.42. The van der Waals surface area contributed by atoms with Crippen LogP contribution in [0.5, 0.6) is 0 Å². The lowest BCUT2D eigenvalue weighted by Gasteiger charge is -2.42. The standard InChI is InChI=1S/C14H18N2O4/c1-16(20-2)12(17)10-4-6-11(7-5-10)14(8-3-9-14)15-13(18)19/h4-7,15H,3,8-9H2,1-2H3,(H,18,19). The van der Waals surface area contributed by atoms with E-state index >= 15 is 0 Å². The number of carboxylic acid groups (broad SMARTS) is 1. The number of carbonyl (C=O) groups is 2. The minimum Gasteiger partial charge on any atom is -0.465 e. The number of hydroxylamine groups is 2. The third kappa shape index (κ3) is 2.60. The zero-order chi connectivity index (χ0) is 14.8. The van der Waals surface area contributed by atoms with Crippen LogP contribution in [-0.2, 0) is 10.4 Å². The van der Waals surface area contributed by atoms with Crippen molar-refractivity contribution in [3.05, 3.63) is 35.4 Å². The van der Waals surface area contributed by atoms with Crippen molar-refractivity contribution in [1.29, 1.82) is 0 Å². The van der Waals surface area contributed by atoms with Gasteiger partial charge in [0.2, 0.25) is 0 Å². The van der Waals surface area contributed by atoms with Crippen LogP contribution in [0.4, 0.5) is 4.79 Å². The van der Waals surface area contributed by atoms with Gasteiger partial charge in [0.05, 0.1) is 12.6 Å². The fourth-order valence-corrected chi connectivity index (χ4v) is 2.42. The van der Waals surface area contributed by atoms with Crippen molar-refractivity contribution >= 4 is 12.0 Å².